The van der Waals surface area contributed by atoms with Crippen LogP contribution in [0.25, 0.3) is 0 Å². The second kappa shape index (κ2) is 9.07. The number of sulfonamides is 1. The Labute approximate surface area is 211 Å². The van der Waals surface area contributed by atoms with E-state index in [0.717, 1.165) is 0 Å². The van der Waals surface area contributed by atoms with Crippen LogP contribution in [0.1, 0.15) is 42.2 Å². The zero-order valence-electron chi connectivity index (χ0n) is 18.5. The lowest BCUT2D eigenvalue weighted by molar-refractivity contribution is 0.0979. The van der Waals surface area contributed by atoms with Gasteiger partial charge in [-0.1, -0.05) is 35.9 Å². The van der Waals surface area contributed by atoms with Crippen LogP contribution in [0.4, 0.5) is 11.4 Å². The summed E-state index contributed by atoms with van der Waals surface area (Å²) >= 11 is 5.81. The van der Waals surface area contributed by atoms with Gasteiger partial charge in [-0.3, -0.25) is 19.1 Å². The van der Waals surface area contributed by atoms with Gasteiger partial charge < -0.3 is 5.32 Å². The van der Waals surface area contributed by atoms with Crippen molar-refractivity contribution in [3.63, 3.8) is 0 Å². The van der Waals surface area contributed by atoms with Gasteiger partial charge in [-0.05, 0) is 66.7 Å². The molecule has 1 aliphatic rings. The highest BCUT2D eigenvalue weighted by atomic mass is 35.5. The molecule has 0 heterocycles. The molecule has 178 valence electrons. The average molecular weight is 517 g/mol. The first-order valence-corrected chi connectivity index (χ1v) is 12.6. The lowest BCUT2D eigenvalue weighted by atomic mass is 9.84. The minimum atomic E-state index is -3.82. The number of anilines is 2. The van der Waals surface area contributed by atoms with Gasteiger partial charge in [0.05, 0.1) is 4.90 Å². The number of carbonyl (C=O) groups is 3. The summed E-state index contributed by atoms with van der Waals surface area (Å²) < 4.78 is 27.5. The molecule has 1 amide bonds. The highest BCUT2D eigenvalue weighted by Crippen LogP contribution is 2.29. The van der Waals surface area contributed by atoms with Gasteiger partial charge in [0.15, 0.2) is 11.6 Å². The predicted octanol–water partition coefficient (Wildman–Crippen LogP) is 5.17. The van der Waals surface area contributed by atoms with Crippen molar-refractivity contribution in [3.05, 3.63) is 124 Å². The average Bonchev–Trinajstić information content (AvgIpc) is 2.87. The molecule has 0 aliphatic heterocycles. The topological polar surface area (TPSA) is 109 Å². The molecule has 0 saturated heterocycles. The summed E-state index contributed by atoms with van der Waals surface area (Å²) in [6.07, 6.45) is 0. The monoisotopic (exact) mass is 516 g/mol. The predicted molar refractivity (Wildman–Crippen MR) is 136 cm³/mol. The van der Waals surface area contributed by atoms with Gasteiger partial charge in [-0.2, -0.15) is 0 Å². The van der Waals surface area contributed by atoms with E-state index in [1.807, 2.05) is 0 Å². The molecule has 4 aromatic carbocycles. The van der Waals surface area contributed by atoms with E-state index in [1.165, 1.54) is 60.7 Å². The number of ketones is 2. The van der Waals surface area contributed by atoms with Gasteiger partial charge in [0.2, 0.25) is 0 Å². The SMILES string of the molecule is O=C(Nc1ccc2c(c1)C(=O)c1ccccc1C2=O)c1ccc(NS(=O)(=O)c2ccc(Cl)cc2)cc1. The quantitative estimate of drug-likeness (QED) is 0.335. The summed E-state index contributed by atoms with van der Waals surface area (Å²) in [4.78, 5) is 38.5. The molecule has 0 aromatic heterocycles. The second-order valence-corrected chi connectivity index (χ2v) is 10.2. The first-order chi connectivity index (χ1) is 17.2. The fourth-order valence-corrected chi connectivity index (χ4v) is 5.08. The van der Waals surface area contributed by atoms with Crippen molar-refractivity contribution in [2.75, 3.05) is 10.0 Å². The van der Waals surface area contributed by atoms with Crippen molar-refractivity contribution >= 4 is 50.5 Å². The molecule has 0 fully saturated rings. The molecular formula is C27H17ClN2O5S. The Balaban J connectivity index is 1.32. The van der Waals surface area contributed by atoms with Crippen molar-refractivity contribution in [1.82, 2.24) is 0 Å². The van der Waals surface area contributed by atoms with Crippen LogP contribution >= 0.6 is 11.6 Å². The minimum absolute atomic E-state index is 0.0526. The third kappa shape index (κ3) is 4.39. The van der Waals surface area contributed by atoms with Gasteiger partial charge in [0.1, 0.15) is 0 Å². The number of nitrogens with one attached hydrogen (secondary N) is 2. The molecule has 1 aliphatic carbocycles. The fourth-order valence-electron chi connectivity index (χ4n) is 3.90. The van der Waals surface area contributed by atoms with E-state index in [4.69, 9.17) is 11.6 Å². The Hall–Kier alpha value is -4.27. The molecule has 0 spiro atoms. The summed E-state index contributed by atoms with van der Waals surface area (Å²) in [7, 11) is -3.82. The molecule has 5 rings (SSSR count). The van der Waals surface area contributed by atoms with Gasteiger partial charge in [-0.25, -0.2) is 8.42 Å². The number of fused-ring (bicyclic) bond motifs is 2. The van der Waals surface area contributed by atoms with Gasteiger partial charge in [-0.15, -0.1) is 0 Å². The van der Waals surface area contributed by atoms with Crippen molar-refractivity contribution in [3.8, 4) is 0 Å². The molecule has 0 unspecified atom stereocenters. The fraction of sp³-hybridized carbons (Fsp3) is 0. The molecule has 0 radical (unpaired) electrons. The van der Waals surface area contributed by atoms with Crippen molar-refractivity contribution in [2.45, 2.75) is 4.90 Å². The molecule has 0 saturated carbocycles. The highest BCUT2D eigenvalue weighted by Gasteiger charge is 2.29. The Kier molecular flexibility index (Phi) is 5.91. The van der Waals surface area contributed by atoms with E-state index >= 15 is 0 Å². The third-order valence-electron chi connectivity index (χ3n) is 5.71. The maximum absolute atomic E-state index is 12.9. The molecule has 2 N–H and O–H groups in total. The third-order valence-corrected chi connectivity index (χ3v) is 7.36. The zero-order chi connectivity index (χ0) is 25.4. The molecule has 9 heteroatoms. The van der Waals surface area contributed by atoms with Crippen LogP contribution in [0, 0.1) is 0 Å². The number of hydrogen-bond acceptors (Lipinski definition) is 5. The lowest BCUT2D eigenvalue weighted by Gasteiger charge is -2.18. The van der Waals surface area contributed by atoms with Crippen LogP contribution in [0.15, 0.2) is 95.9 Å². The van der Waals surface area contributed by atoms with Crippen molar-refractivity contribution < 1.29 is 22.8 Å². The molecule has 0 bridgehead atoms. The molecule has 0 atom stereocenters. The maximum atomic E-state index is 12.9. The van der Waals surface area contributed by atoms with Crippen LogP contribution in [0.3, 0.4) is 0 Å². The normalized spacial score (nSPS) is 12.5. The van der Waals surface area contributed by atoms with E-state index in [1.54, 1.807) is 30.3 Å². The van der Waals surface area contributed by atoms with Gasteiger partial charge >= 0.3 is 0 Å². The van der Waals surface area contributed by atoms with Crippen LogP contribution in [0.5, 0.6) is 0 Å². The van der Waals surface area contributed by atoms with E-state index < -0.39 is 15.9 Å². The Morgan fingerprint density at radius 1 is 0.667 bits per heavy atom. The number of halogens is 1. The standard InChI is InChI=1S/C27H17ClN2O5S/c28-17-7-12-20(13-8-17)36(34,35)30-18-9-5-16(6-10-18)27(33)29-19-11-14-23-24(15-19)26(32)22-4-2-1-3-21(22)25(23)31/h1-15,30H,(H,29,33). The highest BCUT2D eigenvalue weighted by molar-refractivity contribution is 7.92. The van der Waals surface area contributed by atoms with E-state index in [2.05, 4.69) is 10.0 Å². The van der Waals surface area contributed by atoms with Crippen LogP contribution < -0.4 is 10.0 Å². The number of carbonyl (C=O) groups excluding carboxylic acids is 3. The number of amides is 1. The van der Waals surface area contributed by atoms with Crippen molar-refractivity contribution in [1.29, 1.82) is 0 Å². The largest absolute Gasteiger partial charge is 0.322 e. The van der Waals surface area contributed by atoms with Crippen molar-refractivity contribution in [2.24, 2.45) is 0 Å². The molecule has 36 heavy (non-hydrogen) atoms. The lowest BCUT2D eigenvalue weighted by Crippen LogP contribution is -2.21. The van der Waals surface area contributed by atoms with Crippen LogP contribution in [-0.2, 0) is 10.0 Å². The number of hydrogen-bond donors (Lipinski definition) is 2. The Bertz CT molecular complexity index is 1650. The molecular weight excluding hydrogens is 500 g/mol. The van der Waals surface area contributed by atoms with Gasteiger partial charge in [0.25, 0.3) is 15.9 Å². The van der Waals surface area contributed by atoms with E-state index in [0.29, 0.717) is 21.8 Å². The maximum Gasteiger partial charge on any atom is 0.261 e. The summed E-state index contributed by atoms with van der Waals surface area (Å²) in [6.45, 7) is 0. The van der Waals surface area contributed by atoms with E-state index in [9.17, 15) is 22.8 Å². The smallest absolute Gasteiger partial charge is 0.261 e. The molecule has 7 nitrogen and oxygen atoms in total. The number of rotatable bonds is 5. The Morgan fingerprint density at radius 2 is 1.22 bits per heavy atom. The minimum Gasteiger partial charge on any atom is -0.322 e. The zero-order valence-corrected chi connectivity index (χ0v) is 20.1. The second-order valence-electron chi connectivity index (χ2n) is 8.06. The summed E-state index contributed by atoms with van der Waals surface area (Å²) in [5, 5.41) is 3.13. The van der Waals surface area contributed by atoms with E-state index in [-0.39, 0.29) is 38.8 Å². The number of benzene rings is 4. The summed E-state index contributed by atoms with van der Waals surface area (Å²) in [5.41, 5.74) is 2.10. The van der Waals surface area contributed by atoms with Gasteiger partial charge in [0, 0.05) is 44.2 Å². The van der Waals surface area contributed by atoms with Crippen LogP contribution in [0.2, 0.25) is 5.02 Å². The summed E-state index contributed by atoms with van der Waals surface area (Å²) in [6, 6.07) is 22.8. The molecule has 4 aromatic rings. The Morgan fingerprint density at radius 3 is 1.86 bits per heavy atom. The first-order valence-electron chi connectivity index (χ1n) is 10.8. The first kappa shape index (κ1) is 23.5. The summed E-state index contributed by atoms with van der Waals surface area (Å²) in [5.74, 6) is -0.986. The van der Waals surface area contributed by atoms with Crippen LogP contribution in [-0.4, -0.2) is 25.9 Å².